The number of halogens is 1. The fourth-order valence-corrected chi connectivity index (χ4v) is 2.41. The van der Waals surface area contributed by atoms with Crippen molar-refractivity contribution in [1.29, 1.82) is 0 Å². The van der Waals surface area contributed by atoms with Crippen molar-refractivity contribution < 1.29 is 9.59 Å². The highest BCUT2D eigenvalue weighted by Gasteiger charge is 2.32. The maximum atomic E-state index is 11.8. The van der Waals surface area contributed by atoms with Crippen LogP contribution in [0.4, 0.5) is 0 Å². The molecule has 90 valence electrons. The van der Waals surface area contributed by atoms with Crippen LogP contribution in [0.2, 0.25) is 0 Å². The first-order valence-corrected chi connectivity index (χ1v) is 6.09. The predicted molar refractivity (Wildman–Crippen MR) is 65.9 cm³/mol. The molecule has 0 radical (unpaired) electrons. The molecule has 0 bridgehead atoms. The van der Waals surface area contributed by atoms with Gasteiger partial charge in [-0.1, -0.05) is 24.3 Å². The summed E-state index contributed by atoms with van der Waals surface area (Å²) in [4.78, 5) is 24.9. The van der Waals surface area contributed by atoms with Gasteiger partial charge in [0.05, 0.1) is 11.9 Å². The monoisotopic (exact) mass is 251 g/mol. The summed E-state index contributed by atoms with van der Waals surface area (Å²) in [5, 5.41) is 0. The summed E-state index contributed by atoms with van der Waals surface area (Å²) in [7, 11) is 0. The van der Waals surface area contributed by atoms with E-state index in [9.17, 15) is 9.59 Å². The number of alkyl halides is 1. The van der Waals surface area contributed by atoms with Gasteiger partial charge in [0.2, 0.25) is 5.91 Å². The van der Waals surface area contributed by atoms with Gasteiger partial charge in [-0.3, -0.25) is 9.59 Å². The van der Waals surface area contributed by atoms with Crippen molar-refractivity contribution >= 4 is 23.3 Å². The van der Waals surface area contributed by atoms with Crippen molar-refractivity contribution in [3.8, 4) is 0 Å². The van der Waals surface area contributed by atoms with Crippen molar-refractivity contribution in [2.75, 3.05) is 5.88 Å². The summed E-state index contributed by atoms with van der Waals surface area (Å²) < 4.78 is 0. The topological polar surface area (TPSA) is 37.4 Å². The largest absolute Gasteiger partial charge is 0.328 e. The smallest absolute Gasteiger partial charge is 0.220 e. The van der Waals surface area contributed by atoms with Crippen LogP contribution in [0.5, 0.6) is 0 Å². The lowest BCUT2D eigenvalue weighted by Crippen LogP contribution is -2.48. The fraction of sp³-hybridized carbons (Fsp3) is 0.385. The van der Waals surface area contributed by atoms with Gasteiger partial charge in [-0.25, -0.2) is 0 Å². The summed E-state index contributed by atoms with van der Waals surface area (Å²) >= 11 is 5.59. The van der Waals surface area contributed by atoms with Gasteiger partial charge in [0.25, 0.3) is 0 Å². The fourth-order valence-electron chi connectivity index (χ4n) is 2.23. The molecule has 0 aliphatic carbocycles. The molecule has 0 N–H and O–H groups in total. The van der Waals surface area contributed by atoms with E-state index in [2.05, 4.69) is 0 Å². The van der Waals surface area contributed by atoms with Crippen molar-refractivity contribution in [3.05, 3.63) is 35.4 Å². The molecule has 0 saturated carbocycles. The van der Waals surface area contributed by atoms with E-state index in [1.165, 1.54) is 6.92 Å². The van der Waals surface area contributed by atoms with Crippen LogP contribution in [-0.4, -0.2) is 28.5 Å². The lowest BCUT2D eigenvalue weighted by atomic mass is 9.92. The zero-order valence-corrected chi connectivity index (χ0v) is 10.4. The Morgan fingerprint density at radius 2 is 2.00 bits per heavy atom. The summed E-state index contributed by atoms with van der Waals surface area (Å²) in [6.45, 7) is 1.99. The third-order valence-corrected chi connectivity index (χ3v) is 3.42. The quantitative estimate of drug-likeness (QED) is 0.752. The number of rotatable bonds is 2. The molecule has 1 atom stereocenters. The number of ketones is 1. The van der Waals surface area contributed by atoms with E-state index in [0.29, 0.717) is 13.0 Å². The van der Waals surface area contributed by atoms with E-state index in [1.54, 1.807) is 4.90 Å². The molecule has 1 amide bonds. The van der Waals surface area contributed by atoms with Crippen LogP contribution < -0.4 is 0 Å². The number of nitrogens with zero attached hydrogens (tertiary/aromatic N) is 1. The highest BCUT2D eigenvalue weighted by Crippen LogP contribution is 2.24. The average Bonchev–Trinajstić information content (AvgIpc) is 2.36. The molecule has 3 nitrogen and oxygen atoms in total. The standard InChI is InChI=1S/C13H14ClNO2/c1-9(16)15-8-11-5-3-2-4-10(11)6-12(15)13(17)7-14/h2-5,12H,6-8H2,1H3. The Bertz CT molecular complexity index is 458. The third-order valence-electron chi connectivity index (χ3n) is 3.16. The van der Waals surface area contributed by atoms with Gasteiger partial charge < -0.3 is 4.90 Å². The van der Waals surface area contributed by atoms with Crippen LogP contribution in [-0.2, 0) is 22.6 Å². The molecule has 0 aromatic heterocycles. The number of hydrogen-bond acceptors (Lipinski definition) is 2. The zero-order chi connectivity index (χ0) is 12.4. The number of carbonyl (C=O) groups is 2. The first-order chi connectivity index (χ1) is 8.13. The molecule has 1 aliphatic rings. The van der Waals surface area contributed by atoms with Crippen LogP contribution in [0.1, 0.15) is 18.1 Å². The molecule has 17 heavy (non-hydrogen) atoms. The first-order valence-electron chi connectivity index (χ1n) is 5.56. The molecule has 1 aliphatic heterocycles. The normalized spacial score (nSPS) is 18.7. The Hall–Kier alpha value is -1.35. The summed E-state index contributed by atoms with van der Waals surface area (Å²) in [5.41, 5.74) is 2.25. The van der Waals surface area contributed by atoms with Crippen LogP contribution in [0.3, 0.4) is 0 Å². The van der Waals surface area contributed by atoms with E-state index in [1.807, 2.05) is 24.3 Å². The summed E-state index contributed by atoms with van der Waals surface area (Å²) in [6.07, 6.45) is 0.571. The molecule has 1 unspecified atom stereocenters. The highest BCUT2D eigenvalue weighted by molar-refractivity contribution is 6.28. The van der Waals surface area contributed by atoms with E-state index >= 15 is 0 Å². The molecule has 0 saturated heterocycles. The second-order valence-corrected chi connectivity index (χ2v) is 4.50. The first kappa shape index (κ1) is 12.1. The van der Waals surface area contributed by atoms with Gasteiger partial charge in [-0.05, 0) is 11.1 Å². The van der Waals surface area contributed by atoms with E-state index < -0.39 is 6.04 Å². The SMILES string of the molecule is CC(=O)N1Cc2ccccc2CC1C(=O)CCl. The van der Waals surface area contributed by atoms with Crippen molar-refractivity contribution in [3.63, 3.8) is 0 Å². The lowest BCUT2D eigenvalue weighted by molar-refractivity contribution is -0.138. The van der Waals surface area contributed by atoms with Crippen molar-refractivity contribution in [1.82, 2.24) is 4.90 Å². The molecule has 0 spiro atoms. The summed E-state index contributed by atoms with van der Waals surface area (Å²) in [6, 6.07) is 7.49. The minimum Gasteiger partial charge on any atom is -0.328 e. The Morgan fingerprint density at radius 1 is 1.35 bits per heavy atom. The molecular formula is C13H14ClNO2. The third kappa shape index (κ3) is 2.34. The minimum absolute atomic E-state index is 0.0450. The van der Waals surface area contributed by atoms with E-state index in [0.717, 1.165) is 11.1 Å². The van der Waals surface area contributed by atoms with Crippen LogP contribution in [0.15, 0.2) is 24.3 Å². The van der Waals surface area contributed by atoms with Crippen molar-refractivity contribution in [2.24, 2.45) is 0 Å². The molecular weight excluding hydrogens is 238 g/mol. The minimum atomic E-state index is -0.403. The second kappa shape index (κ2) is 4.88. The van der Waals surface area contributed by atoms with Gasteiger partial charge >= 0.3 is 0 Å². The zero-order valence-electron chi connectivity index (χ0n) is 9.65. The predicted octanol–water partition coefficient (Wildman–Crippen LogP) is 1.77. The summed E-state index contributed by atoms with van der Waals surface area (Å²) in [5.74, 6) is -0.212. The maximum Gasteiger partial charge on any atom is 0.220 e. The number of fused-ring (bicyclic) bond motifs is 1. The highest BCUT2D eigenvalue weighted by atomic mass is 35.5. The number of hydrogen-bond donors (Lipinski definition) is 0. The average molecular weight is 252 g/mol. The molecule has 1 heterocycles. The number of carbonyl (C=O) groups excluding carboxylic acids is 2. The number of amides is 1. The Kier molecular flexibility index (Phi) is 3.48. The second-order valence-electron chi connectivity index (χ2n) is 4.24. The van der Waals surface area contributed by atoms with E-state index in [-0.39, 0.29) is 17.6 Å². The molecule has 2 rings (SSSR count). The molecule has 0 fully saturated rings. The van der Waals surface area contributed by atoms with Crippen LogP contribution in [0.25, 0.3) is 0 Å². The number of benzene rings is 1. The van der Waals surface area contributed by atoms with Gasteiger partial charge in [0.15, 0.2) is 5.78 Å². The maximum absolute atomic E-state index is 11.8. The van der Waals surface area contributed by atoms with Gasteiger partial charge in [-0.2, -0.15) is 0 Å². The molecule has 4 heteroatoms. The van der Waals surface area contributed by atoms with Crippen molar-refractivity contribution in [2.45, 2.75) is 25.9 Å². The Morgan fingerprint density at radius 3 is 2.59 bits per heavy atom. The van der Waals surface area contributed by atoms with Gasteiger partial charge in [0.1, 0.15) is 0 Å². The van der Waals surface area contributed by atoms with Crippen LogP contribution >= 0.6 is 11.6 Å². The number of Topliss-reactive ketones (excluding diaryl/α,β-unsaturated/α-hetero) is 1. The Balaban J connectivity index is 2.34. The van der Waals surface area contributed by atoms with Crippen LogP contribution in [0, 0.1) is 0 Å². The van der Waals surface area contributed by atoms with Gasteiger partial charge in [0, 0.05) is 19.9 Å². The molecule has 1 aromatic rings. The molecule has 1 aromatic carbocycles. The van der Waals surface area contributed by atoms with Gasteiger partial charge in [-0.15, -0.1) is 11.6 Å². The lowest BCUT2D eigenvalue weighted by Gasteiger charge is -2.35. The Labute approximate surface area is 105 Å². The van der Waals surface area contributed by atoms with E-state index in [4.69, 9.17) is 11.6 Å².